The van der Waals surface area contributed by atoms with Crippen LogP contribution < -0.4 is 9.47 Å². The zero-order valence-electron chi connectivity index (χ0n) is 16.4. The quantitative estimate of drug-likeness (QED) is 0.634. The van der Waals surface area contributed by atoms with Crippen molar-refractivity contribution in [2.45, 2.75) is 25.9 Å². The first-order chi connectivity index (χ1) is 14.1. The van der Waals surface area contributed by atoms with Gasteiger partial charge in [0.05, 0.1) is 12.7 Å². The third-order valence-electron chi connectivity index (χ3n) is 4.78. The van der Waals surface area contributed by atoms with Gasteiger partial charge in [-0.3, -0.25) is 4.79 Å². The van der Waals surface area contributed by atoms with Crippen LogP contribution in [0, 0.1) is 0 Å². The minimum absolute atomic E-state index is 0.162. The fourth-order valence-corrected chi connectivity index (χ4v) is 3.32. The zero-order valence-corrected chi connectivity index (χ0v) is 17.1. The number of carbonyl (C=O) groups excluding carboxylic acids is 2. The molecule has 2 aromatic carbocycles. The number of piperidine rings is 1. The topological polar surface area (TPSA) is 65.1 Å². The highest BCUT2D eigenvalue weighted by Crippen LogP contribution is 2.30. The lowest BCUT2D eigenvalue weighted by Crippen LogP contribution is -2.38. The van der Waals surface area contributed by atoms with Crippen LogP contribution in [-0.2, 0) is 16.1 Å². The highest BCUT2D eigenvalue weighted by molar-refractivity contribution is 6.31. The number of nitrogens with zero attached hydrogens (tertiary/aromatic N) is 1. The molecule has 1 fully saturated rings. The van der Waals surface area contributed by atoms with Crippen LogP contribution in [0.15, 0.2) is 42.5 Å². The fraction of sp³-hybridized carbons (Fsp3) is 0.364. The molecule has 0 bridgehead atoms. The molecule has 154 valence electrons. The van der Waals surface area contributed by atoms with Crippen molar-refractivity contribution >= 4 is 23.5 Å². The van der Waals surface area contributed by atoms with Gasteiger partial charge in [0.1, 0.15) is 6.61 Å². The van der Waals surface area contributed by atoms with Gasteiger partial charge in [0.15, 0.2) is 18.1 Å². The number of hydrogen-bond acceptors (Lipinski definition) is 5. The summed E-state index contributed by atoms with van der Waals surface area (Å²) in [5, 5.41) is 0.616. The second kappa shape index (κ2) is 10.2. The third kappa shape index (κ3) is 5.64. The van der Waals surface area contributed by atoms with Gasteiger partial charge in [0.2, 0.25) is 0 Å². The van der Waals surface area contributed by atoms with Crippen molar-refractivity contribution < 1.29 is 23.8 Å². The minimum atomic E-state index is -0.577. The van der Waals surface area contributed by atoms with E-state index in [2.05, 4.69) is 0 Å². The molecule has 29 heavy (non-hydrogen) atoms. The third-order valence-corrected chi connectivity index (χ3v) is 5.14. The average molecular weight is 418 g/mol. The average Bonchev–Trinajstić information content (AvgIpc) is 2.77. The molecule has 0 radical (unpaired) electrons. The molecule has 6 nitrogen and oxygen atoms in total. The van der Waals surface area contributed by atoms with E-state index in [4.69, 9.17) is 25.8 Å². The number of benzene rings is 2. The second-order valence-electron chi connectivity index (χ2n) is 6.76. The highest BCUT2D eigenvalue weighted by Gasteiger charge is 2.19. The SMILES string of the molecule is COc1cc(C(=O)OCC(=O)N2CCCCC2)ccc1OCc1ccccc1Cl. The molecule has 0 N–H and O–H groups in total. The number of methoxy groups -OCH3 is 1. The smallest absolute Gasteiger partial charge is 0.338 e. The van der Waals surface area contributed by atoms with E-state index in [1.54, 1.807) is 23.1 Å². The van der Waals surface area contributed by atoms with Crippen LogP contribution in [0.1, 0.15) is 35.2 Å². The molecule has 0 aromatic heterocycles. The molecular formula is C22H24ClNO5. The van der Waals surface area contributed by atoms with Crippen molar-refractivity contribution in [3.8, 4) is 11.5 Å². The van der Waals surface area contributed by atoms with Gasteiger partial charge in [-0.1, -0.05) is 29.8 Å². The molecule has 2 aromatic rings. The van der Waals surface area contributed by atoms with Gasteiger partial charge in [-0.05, 0) is 43.5 Å². The van der Waals surface area contributed by atoms with Crippen molar-refractivity contribution in [3.63, 3.8) is 0 Å². The van der Waals surface area contributed by atoms with E-state index < -0.39 is 5.97 Å². The number of halogens is 1. The summed E-state index contributed by atoms with van der Waals surface area (Å²) >= 11 is 6.14. The van der Waals surface area contributed by atoms with Crippen LogP contribution in [0.2, 0.25) is 5.02 Å². The van der Waals surface area contributed by atoms with Crippen LogP contribution in [0.25, 0.3) is 0 Å². The number of rotatable bonds is 7. The summed E-state index contributed by atoms with van der Waals surface area (Å²) < 4.78 is 16.3. The Morgan fingerprint density at radius 3 is 2.52 bits per heavy atom. The minimum Gasteiger partial charge on any atom is -0.493 e. The Morgan fingerprint density at radius 2 is 1.79 bits per heavy atom. The summed E-state index contributed by atoms with van der Waals surface area (Å²) in [4.78, 5) is 26.2. The van der Waals surface area contributed by atoms with Crippen molar-refractivity contribution in [2.24, 2.45) is 0 Å². The molecule has 0 unspecified atom stereocenters. The standard InChI is InChI=1S/C22H24ClNO5/c1-27-20-13-16(22(26)29-15-21(25)24-11-5-2-6-12-24)9-10-19(20)28-14-17-7-3-4-8-18(17)23/h3-4,7-10,13H,2,5-6,11-12,14-15H2,1H3. The molecule has 0 spiro atoms. The van der Waals surface area contributed by atoms with Gasteiger partial charge < -0.3 is 19.1 Å². The number of esters is 1. The Bertz CT molecular complexity index is 864. The Balaban J connectivity index is 1.59. The molecule has 7 heteroatoms. The predicted octanol–water partition coefficient (Wildman–Crippen LogP) is 4.10. The van der Waals surface area contributed by atoms with Gasteiger partial charge in [0.25, 0.3) is 5.91 Å². The predicted molar refractivity (Wildman–Crippen MR) is 109 cm³/mol. The second-order valence-corrected chi connectivity index (χ2v) is 7.17. The largest absolute Gasteiger partial charge is 0.493 e. The summed E-state index contributed by atoms with van der Waals surface area (Å²) in [5.41, 5.74) is 1.13. The van der Waals surface area contributed by atoms with Crippen LogP contribution in [-0.4, -0.2) is 43.6 Å². The first-order valence-electron chi connectivity index (χ1n) is 9.57. The molecule has 1 aliphatic rings. The summed E-state index contributed by atoms with van der Waals surface area (Å²) in [6.45, 7) is 1.46. The molecule has 3 rings (SSSR count). The lowest BCUT2D eigenvalue weighted by atomic mass is 10.1. The molecular weight excluding hydrogens is 394 g/mol. The molecule has 1 saturated heterocycles. The van der Waals surface area contributed by atoms with Gasteiger partial charge in [-0.25, -0.2) is 4.79 Å². The van der Waals surface area contributed by atoms with Gasteiger partial charge >= 0.3 is 5.97 Å². The Hall–Kier alpha value is -2.73. The van der Waals surface area contributed by atoms with E-state index in [9.17, 15) is 9.59 Å². The number of hydrogen-bond donors (Lipinski definition) is 0. The molecule has 0 aliphatic carbocycles. The Kier molecular flexibility index (Phi) is 7.36. The zero-order chi connectivity index (χ0) is 20.6. The fourth-order valence-electron chi connectivity index (χ4n) is 3.13. The summed E-state index contributed by atoms with van der Waals surface area (Å²) in [6.07, 6.45) is 3.12. The number of carbonyl (C=O) groups is 2. The van der Waals surface area contributed by atoms with Crippen LogP contribution in [0.3, 0.4) is 0 Å². The first kappa shape index (κ1) is 21.0. The number of ether oxygens (including phenoxy) is 3. The normalized spacial score (nSPS) is 13.7. The van der Waals surface area contributed by atoms with E-state index >= 15 is 0 Å². The highest BCUT2D eigenvalue weighted by atomic mass is 35.5. The van der Waals surface area contributed by atoms with Gasteiger partial charge in [0, 0.05) is 23.7 Å². The van der Waals surface area contributed by atoms with Crippen molar-refractivity contribution in [1.82, 2.24) is 4.90 Å². The molecule has 0 saturated carbocycles. The van der Waals surface area contributed by atoms with E-state index in [-0.39, 0.29) is 19.1 Å². The van der Waals surface area contributed by atoms with E-state index in [0.29, 0.717) is 22.1 Å². The molecule has 1 aliphatic heterocycles. The van der Waals surface area contributed by atoms with Crippen molar-refractivity contribution in [3.05, 3.63) is 58.6 Å². The Morgan fingerprint density at radius 1 is 1.03 bits per heavy atom. The monoisotopic (exact) mass is 417 g/mol. The first-order valence-corrected chi connectivity index (χ1v) is 9.95. The number of amides is 1. The summed E-state index contributed by atoms with van der Waals surface area (Å²) in [6, 6.07) is 12.2. The molecule has 1 amide bonds. The lowest BCUT2D eigenvalue weighted by molar-refractivity contribution is -0.135. The van der Waals surface area contributed by atoms with Crippen molar-refractivity contribution in [1.29, 1.82) is 0 Å². The maximum atomic E-state index is 12.3. The maximum Gasteiger partial charge on any atom is 0.338 e. The summed E-state index contributed by atoms with van der Waals surface area (Å²) in [7, 11) is 1.49. The van der Waals surface area contributed by atoms with E-state index in [0.717, 1.165) is 37.9 Å². The number of likely N-dealkylation sites (tertiary alicyclic amines) is 1. The molecule has 1 heterocycles. The lowest BCUT2D eigenvalue weighted by Gasteiger charge is -2.26. The van der Waals surface area contributed by atoms with Crippen LogP contribution in [0.5, 0.6) is 11.5 Å². The van der Waals surface area contributed by atoms with E-state index in [1.165, 1.54) is 13.2 Å². The molecule has 0 atom stereocenters. The van der Waals surface area contributed by atoms with Crippen molar-refractivity contribution in [2.75, 3.05) is 26.8 Å². The van der Waals surface area contributed by atoms with E-state index in [1.807, 2.05) is 18.2 Å². The maximum absolute atomic E-state index is 12.3. The van der Waals surface area contributed by atoms with Crippen LogP contribution in [0.4, 0.5) is 0 Å². The van der Waals surface area contributed by atoms with Crippen LogP contribution >= 0.6 is 11.6 Å². The Labute approximate surface area is 175 Å². The van der Waals surface area contributed by atoms with Gasteiger partial charge in [-0.15, -0.1) is 0 Å². The van der Waals surface area contributed by atoms with Gasteiger partial charge in [-0.2, -0.15) is 0 Å². The summed E-state index contributed by atoms with van der Waals surface area (Å²) in [5.74, 6) is 0.137.